The molecule has 3 N–H and O–H groups in total. The van der Waals surface area contributed by atoms with Crippen molar-refractivity contribution in [2.75, 3.05) is 19.6 Å². The van der Waals surface area contributed by atoms with E-state index in [4.69, 9.17) is 0 Å². The van der Waals surface area contributed by atoms with Gasteiger partial charge in [0.15, 0.2) is 5.96 Å². The van der Waals surface area contributed by atoms with Gasteiger partial charge in [0.25, 0.3) is 0 Å². The van der Waals surface area contributed by atoms with Gasteiger partial charge in [-0.3, -0.25) is 0 Å². The minimum Gasteiger partial charge on any atom is -0.391 e. The van der Waals surface area contributed by atoms with E-state index < -0.39 is 10.0 Å². The van der Waals surface area contributed by atoms with E-state index in [1.165, 1.54) is 0 Å². The summed E-state index contributed by atoms with van der Waals surface area (Å²) >= 11 is 0. The zero-order valence-corrected chi connectivity index (χ0v) is 19.3. The molecule has 1 heterocycles. The molecule has 1 atom stereocenters. The molecule has 9 heteroatoms. The summed E-state index contributed by atoms with van der Waals surface area (Å²) in [7, 11) is -3.39. The molecule has 7 nitrogen and oxygen atoms in total. The van der Waals surface area contributed by atoms with Gasteiger partial charge < -0.3 is 15.3 Å². The van der Waals surface area contributed by atoms with Crippen molar-refractivity contribution >= 4 is 40.0 Å². The van der Waals surface area contributed by atoms with Gasteiger partial charge in [-0.25, -0.2) is 18.1 Å². The van der Waals surface area contributed by atoms with Crippen molar-refractivity contribution in [1.82, 2.24) is 14.9 Å². The molecule has 154 valence electrons. The Morgan fingerprint density at radius 1 is 1.33 bits per heavy atom. The first-order chi connectivity index (χ1) is 12.3. The SMILES string of the molecule is CCNC(=NCc1ccccc1CS(=O)(=O)NC(C)C)N1CC[C@@H](O)C1.I. The van der Waals surface area contributed by atoms with Gasteiger partial charge in [-0.05, 0) is 38.3 Å². The van der Waals surface area contributed by atoms with E-state index in [1.807, 2.05) is 36.1 Å². The molecule has 1 aliphatic heterocycles. The Morgan fingerprint density at radius 2 is 2.00 bits per heavy atom. The zero-order chi connectivity index (χ0) is 19.2. The average Bonchev–Trinajstić information content (AvgIpc) is 2.97. The summed E-state index contributed by atoms with van der Waals surface area (Å²) in [6, 6.07) is 7.34. The largest absolute Gasteiger partial charge is 0.391 e. The highest BCUT2D eigenvalue weighted by Crippen LogP contribution is 2.15. The van der Waals surface area contributed by atoms with Crippen molar-refractivity contribution in [2.45, 2.75) is 51.6 Å². The summed E-state index contributed by atoms with van der Waals surface area (Å²) in [5, 5.41) is 13.0. The molecule has 0 bridgehead atoms. The maximum absolute atomic E-state index is 12.3. The quantitative estimate of drug-likeness (QED) is 0.295. The van der Waals surface area contributed by atoms with Crippen LogP contribution in [0, 0.1) is 0 Å². The molecule has 27 heavy (non-hydrogen) atoms. The molecule has 1 saturated heterocycles. The Hall–Kier alpha value is -0.910. The van der Waals surface area contributed by atoms with Gasteiger partial charge in [-0.15, -0.1) is 24.0 Å². The van der Waals surface area contributed by atoms with E-state index >= 15 is 0 Å². The van der Waals surface area contributed by atoms with Crippen molar-refractivity contribution in [1.29, 1.82) is 0 Å². The Balaban J connectivity index is 0.00000364. The van der Waals surface area contributed by atoms with Crippen molar-refractivity contribution < 1.29 is 13.5 Å². The third kappa shape index (κ3) is 7.92. The molecule has 1 fully saturated rings. The van der Waals surface area contributed by atoms with Gasteiger partial charge in [-0.1, -0.05) is 24.3 Å². The van der Waals surface area contributed by atoms with E-state index in [-0.39, 0.29) is 41.9 Å². The van der Waals surface area contributed by atoms with Gasteiger partial charge in [0.05, 0.1) is 18.4 Å². The molecular formula is C18H31IN4O3S. The smallest absolute Gasteiger partial charge is 0.216 e. The van der Waals surface area contributed by atoms with Crippen LogP contribution < -0.4 is 10.0 Å². The van der Waals surface area contributed by atoms with Gasteiger partial charge in [0.1, 0.15) is 0 Å². The Kier molecular flexibility index (Phi) is 9.99. The third-order valence-corrected chi connectivity index (χ3v) is 5.60. The maximum atomic E-state index is 12.3. The number of hydrogen-bond donors (Lipinski definition) is 3. The van der Waals surface area contributed by atoms with E-state index in [0.717, 1.165) is 36.6 Å². The molecule has 0 amide bonds. The lowest BCUT2D eigenvalue weighted by molar-refractivity contribution is 0.188. The molecule has 2 rings (SSSR count). The highest BCUT2D eigenvalue weighted by molar-refractivity contribution is 14.0. The lowest BCUT2D eigenvalue weighted by Crippen LogP contribution is -2.40. The normalized spacial score (nSPS) is 17.9. The monoisotopic (exact) mass is 510 g/mol. The van der Waals surface area contributed by atoms with Crippen LogP contribution in [0.2, 0.25) is 0 Å². The first-order valence-electron chi connectivity index (χ1n) is 9.09. The number of nitrogens with one attached hydrogen (secondary N) is 2. The lowest BCUT2D eigenvalue weighted by Gasteiger charge is -2.21. The summed E-state index contributed by atoms with van der Waals surface area (Å²) in [4.78, 5) is 6.69. The number of sulfonamides is 1. The second-order valence-electron chi connectivity index (χ2n) is 6.86. The van der Waals surface area contributed by atoms with Crippen LogP contribution in [0.15, 0.2) is 29.3 Å². The summed E-state index contributed by atoms with van der Waals surface area (Å²) in [6.07, 6.45) is 0.415. The molecule has 0 radical (unpaired) electrons. The van der Waals surface area contributed by atoms with Gasteiger partial charge in [0.2, 0.25) is 10.0 Å². The topological polar surface area (TPSA) is 94.0 Å². The minimum absolute atomic E-state index is 0. The average molecular weight is 510 g/mol. The Morgan fingerprint density at radius 3 is 2.56 bits per heavy atom. The van der Waals surface area contributed by atoms with E-state index in [0.29, 0.717) is 13.1 Å². The summed E-state index contributed by atoms with van der Waals surface area (Å²) in [5.74, 6) is 0.692. The predicted octanol–water partition coefficient (Wildman–Crippen LogP) is 1.66. The molecule has 0 spiro atoms. The number of halogens is 1. The van der Waals surface area contributed by atoms with Crippen molar-refractivity contribution in [3.05, 3.63) is 35.4 Å². The zero-order valence-electron chi connectivity index (χ0n) is 16.2. The summed E-state index contributed by atoms with van der Waals surface area (Å²) in [6.45, 7) is 8.07. The highest BCUT2D eigenvalue weighted by atomic mass is 127. The van der Waals surface area contributed by atoms with Crippen LogP contribution in [-0.4, -0.2) is 56.2 Å². The predicted molar refractivity (Wildman–Crippen MR) is 120 cm³/mol. The lowest BCUT2D eigenvalue weighted by atomic mass is 10.1. The van der Waals surface area contributed by atoms with Crippen molar-refractivity contribution in [3.63, 3.8) is 0 Å². The number of aliphatic hydroxyl groups excluding tert-OH is 1. The van der Waals surface area contributed by atoms with Crippen molar-refractivity contribution in [3.8, 4) is 0 Å². The van der Waals surface area contributed by atoms with Crippen LogP contribution in [0.4, 0.5) is 0 Å². The van der Waals surface area contributed by atoms with Crippen LogP contribution in [0.3, 0.4) is 0 Å². The van der Waals surface area contributed by atoms with Crippen molar-refractivity contribution in [2.24, 2.45) is 4.99 Å². The number of aliphatic hydroxyl groups is 1. The molecular weight excluding hydrogens is 479 g/mol. The molecule has 0 aromatic heterocycles. The Labute approximate surface area is 179 Å². The molecule has 1 aromatic rings. The number of nitrogens with zero attached hydrogens (tertiary/aromatic N) is 2. The fraction of sp³-hybridized carbons (Fsp3) is 0.611. The first kappa shape index (κ1) is 24.1. The van der Waals surface area contributed by atoms with Crippen LogP contribution in [0.25, 0.3) is 0 Å². The van der Waals surface area contributed by atoms with Crippen LogP contribution in [-0.2, 0) is 22.3 Å². The number of benzene rings is 1. The third-order valence-electron chi connectivity index (χ3n) is 4.08. The Bertz CT molecular complexity index is 725. The fourth-order valence-corrected chi connectivity index (χ4v) is 4.47. The van der Waals surface area contributed by atoms with Crippen LogP contribution in [0.5, 0.6) is 0 Å². The number of likely N-dealkylation sites (tertiary alicyclic amines) is 1. The number of guanidine groups is 1. The fourth-order valence-electron chi connectivity index (χ4n) is 2.98. The van der Waals surface area contributed by atoms with E-state index in [2.05, 4.69) is 15.0 Å². The first-order valence-corrected chi connectivity index (χ1v) is 10.7. The van der Waals surface area contributed by atoms with Gasteiger partial charge in [-0.2, -0.15) is 0 Å². The van der Waals surface area contributed by atoms with Gasteiger partial charge in [0, 0.05) is 25.7 Å². The minimum atomic E-state index is -3.39. The maximum Gasteiger partial charge on any atom is 0.216 e. The number of β-amino-alcohol motifs (C(OH)–C–C–N with tert-alkyl or cyclic N) is 1. The van der Waals surface area contributed by atoms with Crippen LogP contribution in [0.1, 0.15) is 38.3 Å². The number of aliphatic imine (C=N–C) groups is 1. The molecule has 1 aliphatic rings. The van der Waals surface area contributed by atoms with Crippen LogP contribution >= 0.6 is 24.0 Å². The highest BCUT2D eigenvalue weighted by Gasteiger charge is 2.23. The molecule has 1 aromatic carbocycles. The molecule has 0 saturated carbocycles. The molecule has 0 aliphatic carbocycles. The summed E-state index contributed by atoms with van der Waals surface area (Å²) < 4.78 is 27.1. The number of rotatable bonds is 7. The second kappa shape index (κ2) is 11.2. The number of hydrogen-bond acceptors (Lipinski definition) is 4. The second-order valence-corrected chi connectivity index (χ2v) is 8.61. The standard InChI is InChI=1S/C18H30N4O3S.HI/c1-4-19-18(22-10-9-17(23)12-22)20-11-15-7-5-6-8-16(15)13-26(24,25)21-14(2)3;/h5-8,14,17,21,23H,4,9-13H2,1-3H3,(H,19,20);1H/t17-;/m1./s1. The summed E-state index contributed by atoms with van der Waals surface area (Å²) in [5.41, 5.74) is 1.64. The molecule has 0 unspecified atom stereocenters. The van der Waals surface area contributed by atoms with E-state index in [9.17, 15) is 13.5 Å². The van der Waals surface area contributed by atoms with Gasteiger partial charge >= 0.3 is 0 Å². The van der Waals surface area contributed by atoms with E-state index in [1.54, 1.807) is 13.8 Å².